The molecule has 0 fully saturated rings. The summed E-state index contributed by atoms with van der Waals surface area (Å²) in [5, 5.41) is 6.64. The summed E-state index contributed by atoms with van der Waals surface area (Å²) in [5.41, 5.74) is 5.88. The van der Waals surface area contributed by atoms with Gasteiger partial charge in [-0.15, -0.1) is 11.3 Å². The number of amides is 3. The van der Waals surface area contributed by atoms with E-state index in [2.05, 4.69) is 16.2 Å². The van der Waals surface area contributed by atoms with Crippen molar-refractivity contribution >= 4 is 45.7 Å². The molecule has 8 heteroatoms. The first-order chi connectivity index (χ1) is 15.6. The Kier molecular flexibility index (Phi) is 6.43. The third-order valence-electron chi connectivity index (χ3n) is 4.63. The van der Waals surface area contributed by atoms with Crippen LogP contribution in [0, 0.1) is 0 Å². The Balaban J connectivity index is 1.32. The summed E-state index contributed by atoms with van der Waals surface area (Å²) in [6.07, 6.45) is -0.799. The average Bonchev–Trinajstić information content (AvgIpc) is 3.37. The number of fused-ring (bicyclic) bond motifs is 1. The van der Waals surface area contributed by atoms with Crippen LogP contribution in [-0.4, -0.2) is 17.9 Å². The van der Waals surface area contributed by atoms with E-state index < -0.39 is 12.0 Å². The van der Waals surface area contributed by atoms with Crippen molar-refractivity contribution in [2.24, 2.45) is 0 Å². The molecule has 0 atom stereocenters. The molecule has 3 amide bonds. The molecule has 7 nitrogen and oxygen atoms in total. The van der Waals surface area contributed by atoms with Crippen LogP contribution in [0.25, 0.3) is 10.8 Å². The predicted molar refractivity (Wildman–Crippen MR) is 123 cm³/mol. The SMILES string of the molecule is O=C(NNC(=O)c1ccccc1NC(=O)c1cccs1)OCc1ccc2ccccc2c1. The van der Waals surface area contributed by atoms with Gasteiger partial charge in [-0.2, -0.15) is 0 Å². The van der Waals surface area contributed by atoms with Gasteiger partial charge in [0.2, 0.25) is 0 Å². The molecule has 1 heterocycles. The fraction of sp³-hybridized carbons (Fsp3) is 0.0417. The molecule has 160 valence electrons. The lowest BCUT2D eigenvalue weighted by molar-refractivity contribution is 0.0905. The van der Waals surface area contributed by atoms with Crippen LogP contribution in [0.2, 0.25) is 0 Å². The van der Waals surface area contributed by atoms with Gasteiger partial charge in [0, 0.05) is 0 Å². The monoisotopic (exact) mass is 445 g/mol. The predicted octanol–water partition coefficient (Wildman–Crippen LogP) is 4.72. The average molecular weight is 446 g/mol. The molecular formula is C24H19N3O4S. The van der Waals surface area contributed by atoms with Gasteiger partial charge in [0.1, 0.15) is 6.61 Å². The summed E-state index contributed by atoms with van der Waals surface area (Å²) < 4.78 is 5.17. The number of nitrogens with one attached hydrogen (secondary N) is 3. The van der Waals surface area contributed by atoms with E-state index >= 15 is 0 Å². The summed E-state index contributed by atoms with van der Waals surface area (Å²) in [5.74, 6) is -0.905. The first-order valence-electron chi connectivity index (χ1n) is 9.75. The van der Waals surface area contributed by atoms with E-state index in [1.165, 1.54) is 11.3 Å². The Hall–Kier alpha value is -4.17. The zero-order valence-corrected chi connectivity index (χ0v) is 17.6. The van der Waals surface area contributed by atoms with Crippen molar-refractivity contribution in [2.75, 3.05) is 5.32 Å². The molecule has 4 rings (SSSR count). The molecule has 0 bridgehead atoms. The highest BCUT2D eigenvalue weighted by Crippen LogP contribution is 2.18. The number of hydrogen-bond donors (Lipinski definition) is 3. The quantitative estimate of drug-likeness (QED) is 0.387. The number of hydrazine groups is 1. The minimum absolute atomic E-state index is 0.0556. The molecule has 1 aromatic heterocycles. The maximum atomic E-state index is 12.5. The number of rotatable bonds is 5. The van der Waals surface area contributed by atoms with Crippen LogP contribution in [0.3, 0.4) is 0 Å². The maximum Gasteiger partial charge on any atom is 0.426 e. The molecule has 0 spiro atoms. The molecule has 0 aliphatic heterocycles. The van der Waals surface area contributed by atoms with Crippen molar-refractivity contribution in [3.8, 4) is 0 Å². The van der Waals surface area contributed by atoms with E-state index in [1.807, 2.05) is 42.5 Å². The van der Waals surface area contributed by atoms with Crippen molar-refractivity contribution < 1.29 is 19.1 Å². The molecule has 3 aromatic carbocycles. The van der Waals surface area contributed by atoms with Gasteiger partial charge < -0.3 is 10.1 Å². The molecule has 0 aliphatic carbocycles. The van der Waals surface area contributed by atoms with E-state index in [0.717, 1.165) is 16.3 Å². The third-order valence-corrected chi connectivity index (χ3v) is 5.50. The summed E-state index contributed by atoms with van der Waals surface area (Å²) in [6, 6.07) is 23.6. The lowest BCUT2D eigenvalue weighted by Crippen LogP contribution is -2.42. The number of anilines is 1. The summed E-state index contributed by atoms with van der Waals surface area (Å²) in [7, 11) is 0. The lowest BCUT2D eigenvalue weighted by atomic mass is 10.1. The second-order valence-corrected chi connectivity index (χ2v) is 7.76. The molecule has 3 N–H and O–H groups in total. The minimum Gasteiger partial charge on any atom is -0.443 e. The summed E-state index contributed by atoms with van der Waals surface area (Å²) in [4.78, 5) is 37.4. The van der Waals surface area contributed by atoms with Gasteiger partial charge in [0.15, 0.2) is 0 Å². The van der Waals surface area contributed by atoms with Gasteiger partial charge in [-0.05, 0) is 46.0 Å². The van der Waals surface area contributed by atoms with Crippen LogP contribution < -0.4 is 16.2 Å². The van der Waals surface area contributed by atoms with Crippen molar-refractivity contribution in [2.45, 2.75) is 6.61 Å². The molecule has 4 aromatic rings. The van der Waals surface area contributed by atoms with Crippen molar-refractivity contribution in [3.63, 3.8) is 0 Å². The normalized spacial score (nSPS) is 10.4. The molecule has 32 heavy (non-hydrogen) atoms. The van der Waals surface area contributed by atoms with Crippen LogP contribution >= 0.6 is 11.3 Å². The summed E-state index contributed by atoms with van der Waals surface area (Å²) in [6.45, 7) is 0.0556. The number of benzene rings is 3. The van der Waals surface area contributed by atoms with E-state index in [0.29, 0.717) is 10.6 Å². The first-order valence-corrected chi connectivity index (χ1v) is 10.6. The van der Waals surface area contributed by atoms with Crippen molar-refractivity contribution in [1.29, 1.82) is 0 Å². The lowest BCUT2D eigenvalue weighted by Gasteiger charge is -2.12. The third kappa shape index (κ3) is 5.11. The number of hydrogen-bond acceptors (Lipinski definition) is 5. The number of thiophene rings is 1. The number of carbonyl (C=O) groups is 3. The van der Waals surface area contributed by atoms with Crippen molar-refractivity contribution in [3.05, 3.63) is 100 Å². The highest BCUT2D eigenvalue weighted by molar-refractivity contribution is 7.12. The standard InChI is InChI=1S/C24H19N3O4S/c28-22(19-8-3-4-9-20(19)25-23(29)21-10-5-13-32-21)26-27-24(30)31-15-16-11-12-17-6-1-2-7-18(17)14-16/h1-14H,15H2,(H,25,29)(H,26,28)(H,27,30). The largest absolute Gasteiger partial charge is 0.443 e. The Labute approximate surface area is 188 Å². The Morgan fingerprint density at radius 1 is 0.781 bits per heavy atom. The second-order valence-electron chi connectivity index (χ2n) is 6.81. The van der Waals surface area contributed by atoms with Crippen LogP contribution in [0.5, 0.6) is 0 Å². The first kappa shape index (κ1) is 21.1. The number of carbonyl (C=O) groups excluding carboxylic acids is 3. The number of para-hydroxylation sites is 1. The molecule has 0 saturated carbocycles. The van der Waals surface area contributed by atoms with Crippen LogP contribution in [0.15, 0.2) is 84.2 Å². The molecule has 0 aliphatic rings. The van der Waals surface area contributed by atoms with Crippen LogP contribution in [0.1, 0.15) is 25.6 Å². The second kappa shape index (κ2) is 9.76. The van der Waals surface area contributed by atoms with Crippen LogP contribution in [0.4, 0.5) is 10.5 Å². The highest BCUT2D eigenvalue weighted by Gasteiger charge is 2.15. The zero-order valence-electron chi connectivity index (χ0n) is 16.8. The van der Waals surface area contributed by atoms with Crippen LogP contribution in [-0.2, 0) is 11.3 Å². The molecule has 0 unspecified atom stereocenters. The Morgan fingerprint density at radius 2 is 1.56 bits per heavy atom. The fourth-order valence-electron chi connectivity index (χ4n) is 3.07. The molecule has 0 saturated heterocycles. The van der Waals surface area contributed by atoms with Gasteiger partial charge in [-0.3, -0.25) is 15.0 Å². The fourth-order valence-corrected chi connectivity index (χ4v) is 3.69. The minimum atomic E-state index is -0.799. The molecular weight excluding hydrogens is 426 g/mol. The molecule has 0 radical (unpaired) electrons. The Morgan fingerprint density at radius 3 is 2.38 bits per heavy atom. The van der Waals surface area contributed by atoms with E-state index in [-0.39, 0.29) is 18.1 Å². The van der Waals surface area contributed by atoms with Gasteiger partial charge in [-0.1, -0.05) is 54.6 Å². The van der Waals surface area contributed by atoms with E-state index in [4.69, 9.17) is 4.74 Å². The van der Waals surface area contributed by atoms with E-state index in [1.54, 1.807) is 41.8 Å². The topological polar surface area (TPSA) is 96.5 Å². The van der Waals surface area contributed by atoms with Gasteiger partial charge in [-0.25, -0.2) is 10.2 Å². The maximum absolute atomic E-state index is 12.5. The van der Waals surface area contributed by atoms with Gasteiger partial charge in [0.25, 0.3) is 11.8 Å². The van der Waals surface area contributed by atoms with Gasteiger partial charge in [0.05, 0.1) is 16.1 Å². The smallest absolute Gasteiger partial charge is 0.426 e. The zero-order chi connectivity index (χ0) is 22.3. The summed E-state index contributed by atoms with van der Waals surface area (Å²) >= 11 is 1.30. The Bertz CT molecular complexity index is 1270. The number of ether oxygens (including phenoxy) is 1. The van der Waals surface area contributed by atoms with Gasteiger partial charge >= 0.3 is 6.09 Å². The highest BCUT2D eigenvalue weighted by atomic mass is 32.1. The van der Waals surface area contributed by atoms with Crippen molar-refractivity contribution in [1.82, 2.24) is 10.9 Å². The van der Waals surface area contributed by atoms with E-state index in [9.17, 15) is 14.4 Å².